The molecule has 0 aliphatic rings. The van der Waals surface area contributed by atoms with E-state index in [9.17, 15) is 29.4 Å². The second-order valence-corrected chi connectivity index (χ2v) is 9.29. The molecule has 0 bridgehead atoms. The first kappa shape index (κ1) is 28.1. The third-order valence-corrected chi connectivity index (χ3v) is 6.18. The molecule has 5 unspecified atom stereocenters. The molecule has 11 nitrogen and oxygen atoms in total. The van der Waals surface area contributed by atoms with Crippen LogP contribution in [0.3, 0.4) is 0 Å². The number of rotatable bonds is 13. The zero-order valence-corrected chi connectivity index (χ0v) is 20.7. The van der Waals surface area contributed by atoms with E-state index in [0.717, 1.165) is 16.5 Å². The molecule has 3 amide bonds. The number of aromatic amines is 1. The van der Waals surface area contributed by atoms with Crippen molar-refractivity contribution < 1.29 is 29.4 Å². The molecule has 0 aliphatic heterocycles. The molecule has 35 heavy (non-hydrogen) atoms. The number of carbonyl (C=O) groups is 4. The number of carboxylic acid groups (broad SMARTS) is 1. The lowest BCUT2D eigenvalue weighted by atomic mass is 10.0. The monoisotopic (exact) mass is 507 g/mol. The molecule has 8 N–H and O–H groups in total. The van der Waals surface area contributed by atoms with E-state index in [2.05, 4.69) is 20.9 Å². The molecule has 0 saturated heterocycles. The number of nitrogens with one attached hydrogen (secondary N) is 4. The van der Waals surface area contributed by atoms with Gasteiger partial charge in [-0.2, -0.15) is 11.8 Å². The van der Waals surface area contributed by atoms with E-state index >= 15 is 0 Å². The van der Waals surface area contributed by atoms with Crippen LogP contribution in [0.5, 0.6) is 0 Å². The van der Waals surface area contributed by atoms with Gasteiger partial charge in [-0.1, -0.05) is 18.2 Å². The number of hydrogen-bond donors (Lipinski definition) is 7. The van der Waals surface area contributed by atoms with E-state index in [4.69, 9.17) is 5.73 Å². The Bertz CT molecular complexity index is 1040. The Kier molecular flexibility index (Phi) is 10.6. The number of fused-ring (bicyclic) bond motifs is 1. The number of hydrogen-bond acceptors (Lipinski definition) is 7. The van der Waals surface area contributed by atoms with Gasteiger partial charge in [0.2, 0.25) is 17.7 Å². The van der Waals surface area contributed by atoms with Crippen molar-refractivity contribution >= 4 is 46.4 Å². The average Bonchev–Trinajstić information content (AvgIpc) is 3.22. The highest BCUT2D eigenvalue weighted by molar-refractivity contribution is 7.98. The molecule has 5 atom stereocenters. The predicted octanol–water partition coefficient (Wildman–Crippen LogP) is -0.269. The van der Waals surface area contributed by atoms with Crippen molar-refractivity contribution in [1.82, 2.24) is 20.9 Å². The van der Waals surface area contributed by atoms with Crippen molar-refractivity contribution in [3.63, 3.8) is 0 Å². The number of nitrogens with two attached hydrogens (primary N) is 1. The van der Waals surface area contributed by atoms with Crippen LogP contribution >= 0.6 is 11.8 Å². The fraction of sp³-hybridized carbons (Fsp3) is 0.478. The minimum atomic E-state index is -1.22. The number of para-hydroxylation sites is 1. The number of H-pyrrole nitrogens is 1. The minimum absolute atomic E-state index is 0.0876. The maximum absolute atomic E-state index is 13.1. The summed E-state index contributed by atoms with van der Waals surface area (Å²) in [5.41, 5.74) is 7.21. The lowest BCUT2D eigenvalue weighted by Gasteiger charge is -2.24. The fourth-order valence-electron chi connectivity index (χ4n) is 3.39. The first-order valence-corrected chi connectivity index (χ1v) is 12.6. The number of benzene rings is 1. The molecule has 2 aromatic rings. The summed E-state index contributed by atoms with van der Waals surface area (Å²) < 4.78 is 0. The van der Waals surface area contributed by atoms with Crippen molar-refractivity contribution in [2.24, 2.45) is 5.73 Å². The van der Waals surface area contributed by atoms with Gasteiger partial charge in [0.25, 0.3) is 0 Å². The van der Waals surface area contributed by atoms with E-state index < -0.39 is 54.0 Å². The fourth-order valence-corrected chi connectivity index (χ4v) is 3.86. The normalized spacial score (nSPS) is 15.5. The Balaban J connectivity index is 2.22. The van der Waals surface area contributed by atoms with E-state index in [0.29, 0.717) is 5.75 Å². The second kappa shape index (κ2) is 13.1. The Morgan fingerprint density at radius 3 is 2.31 bits per heavy atom. The number of carbonyl (C=O) groups excluding carboxylic acids is 3. The van der Waals surface area contributed by atoms with E-state index in [1.807, 2.05) is 30.5 Å². The first-order valence-electron chi connectivity index (χ1n) is 11.2. The van der Waals surface area contributed by atoms with Crippen molar-refractivity contribution in [3.05, 3.63) is 36.0 Å². The van der Waals surface area contributed by atoms with Crippen molar-refractivity contribution in [3.8, 4) is 0 Å². The highest BCUT2D eigenvalue weighted by atomic mass is 32.2. The quantitative estimate of drug-likeness (QED) is 0.193. The largest absolute Gasteiger partial charge is 0.480 e. The molecular formula is C23H33N5O6S. The van der Waals surface area contributed by atoms with Crippen LogP contribution in [-0.4, -0.2) is 81.2 Å². The lowest BCUT2D eigenvalue weighted by Crippen LogP contribution is -2.57. The van der Waals surface area contributed by atoms with Gasteiger partial charge in [-0.3, -0.25) is 14.4 Å². The van der Waals surface area contributed by atoms with Crippen LogP contribution in [0, 0.1) is 0 Å². The van der Waals surface area contributed by atoms with Gasteiger partial charge < -0.3 is 36.9 Å². The second-order valence-electron chi connectivity index (χ2n) is 8.30. The summed E-state index contributed by atoms with van der Waals surface area (Å²) in [5, 5.41) is 27.4. The molecule has 12 heteroatoms. The highest BCUT2D eigenvalue weighted by Crippen LogP contribution is 2.19. The van der Waals surface area contributed by atoms with E-state index in [-0.39, 0.29) is 12.8 Å². The van der Waals surface area contributed by atoms with E-state index in [1.165, 1.54) is 25.6 Å². The van der Waals surface area contributed by atoms with Crippen LogP contribution in [0.1, 0.15) is 25.8 Å². The smallest absolute Gasteiger partial charge is 0.326 e. The van der Waals surface area contributed by atoms with Gasteiger partial charge in [0.05, 0.1) is 6.10 Å². The number of aliphatic hydroxyl groups excluding tert-OH is 1. The third kappa shape index (κ3) is 7.98. The maximum atomic E-state index is 13.1. The number of thioether (sulfide) groups is 1. The number of aliphatic carboxylic acids is 1. The summed E-state index contributed by atoms with van der Waals surface area (Å²) in [7, 11) is 0. The lowest BCUT2D eigenvalue weighted by molar-refractivity contribution is -0.142. The molecular weight excluding hydrogens is 474 g/mol. The number of amides is 3. The van der Waals surface area contributed by atoms with Crippen LogP contribution in [0.15, 0.2) is 30.5 Å². The third-order valence-electron chi connectivity index (χ3n) is 5.53. The Morgan fingerprint density at radius 1 is 1.03 bits per heavy atom. The Morgan fingerprint density at radius 2 is 1.69 bits per heavy atom. The Hall–Kier alpha value is -3.09. The molecule has 1 heterocycles. The highest BCUT2D eigenvalue weighted by Gasteiger charge is 2.30. The van der Waals surface area contributed by atoms with Crippen molar-refractivity contribution in [2.75, 3.05) is 12.0 Å². The van der Waals surface area contributed by atoms with E-state index in [1.54, 1.807) is 6.20 Å². The standard InChI is InChI=1S/C23H33N5O6S/c1-12(26-22(32)19(24)13(2)29)20(30)28-18(21(31)27-17(23(33)34)8-9-35-3)10-14-11-25-16-7-5-4-6-15(14)16/h4-7,11-13,17-19,25,29H,8-10,24H2,1-3H3,(H,26,32)(H,27,31)(H,28,30)(H,33,34). The van der Waals surface area contributed by atoms with Gasteiger partial charge in [0.1, 0.15) is 24.2 Å². The number of carboxylic acids is 1. The number of aliphatic hydroxyl groups is 1. The summed E-state index contributed by atoms with van der Waals surface area (Å²) in [6.07, 6.45) is 2.76. The maximum Gasteiger partial charge on any atom is 0.326 e. The molecule has 2 rings (SSSR count). The van der Waals surface area contributed by atoms with Gasteiger partial charge in [0.15, 0.2) is 0 Å². The van der Waals surface area contributed by atoms with Crippen LogP contribution < -0.4 is 21.7 Å². The Labute approximate surface area is 207 Å². The zero-order valence-electron chi connectivity index (χ0n) is 19.9. The van der Waals surface area contributed by atoms with Crippen LogP contribution in [0.25, 0.3) is 10.9 Å². The van der Waals surface area contributed by atoms with Crippen LogP contribution in [-0.2, 0) is 25.6 Å². The summed E-state index contributed by atoms with van der Waals surface area (Å²) in [6, 6.07) is 2.95. The topological polar surface area (TPSA) is 187 Å². The van der Waals surface area contributed by atoms with Crippen LogP contribution in [0.4, 0.5) is 0 Å². The first-order chi connectivity index (χ1) is 16.5. The van der Waals surface area contributed by atoms with Crippen molar-refractivity contribution in [1.29, 1.82) is 0 Å². The van der Waals surface area contributed by atoms with Gasteiger partial charge >= 0.3 is 5.97 Å². The molecule has 0 fully saturated rings. The summed E-state index contributed by atoms with van der Waals surface area (Å²) in [5.74, 6) is -2.67. The molecule has 192 valence electrons. The number of aromatic nitrogens is 1. The SMILES string of the molecule is CSCCC(NC(=O)C(Cc1c[nH]c2ccccc12)NC(=O)C(C)NC(=O)C(N)C(C)O)C(=O)O. The van der Waals surface area contributed by atoms with Gasteiger partial charge in [0, 0.05) is 23.5 Å². The van der Waals surface area contributed by atoms with Crippen LogP contribution in [0.2, 0.25) is 0 Å². The van der Waals surface area contributed by atoms with Gasteiger partial charge in [-0.05, 0) is 43.9 Å². The molecule has 0 radical (unpaired) electrons. The molecule has 1 aromatic heterocycles. The summed E-state index contributed by atoms with van der Waals surface area (Å²) in [6.45, 7) is 2.77. The summed E-state index contributed by atoms with van der Waals surface area (Å²) in [4.78, 5) is 52.8. The van der Waals surface area contributed by atoms with Crippen molar-refractivity contribution in [2.45, 2.75) is 57.0 Å². The summed E-state index contributed by atoms with van der Waals surface area (Å²) >= 11 is 1.46. The molecule has 1 aromatic carbocycles. The van der Waals surface area contributed by atoms with Gasteiger partial charge in [-0.25, -0.2) is 4.79 Å². The predicted molar refractivity (Wildman–Crippen MR) is 134 cm³/mol. The average molecular weight is 508 g/mol. The minimum Gasteiger partial charge on any atom is -0.480 e. The molecule has 0 aliphatic carbocycles. The molecule has 0 saturated carbocycles. The van der Waals surface area contributed by atoms with Gasteiger partial charge in [-0.15, -0.1) is 0 Å². The molecule has 0 spiro atoms. The zero-order chi connectivity index (χ0) is 26.1.